The Labute approximate surface area is 201 Å². The zero-order valence-corrected chi connectivity index (χ0v) is 20.0. The highest BCUT2D eigenvalue weighted by atomic mass is 19.1. The Morgan fingerprint density at radius 1 is 1.20 bits per heavy atom. The molecule has 2 heterocycles. The maximum atomic E-state index is 13.9. The molecule has 5 rings (SSSR count). The summed E-state index contributed by atoms with van der Waals surface area (Å²) in [6.45, 7) is 4.40. The summed E-state index contributed by atoms with van der Waals surface area (Å²) in [5, 5.41) is 0. The van der Waals surface area contributed by atoms with E-state index >= 15 is 0 Å². The largest absolute Gasteiger partial charge is 0.497 e. The van der Waals surface area contributed by atoms with Crippen LogP contribution in [-0.4, -0.2) is 51.8 Å². The van der Waals surface area contributed by atoms with Gasteiger partial charge in [0.25, 0.3) is 5.56 Å². The second-order valence-corrected chi connectivity index (χ2v) is 9.06. The zero-order valence-electron chi connectivity index (χ0n) is 20.0. The summed E-state index contributed by atoms with van der Waals surface area (Å²) < 4.78 is 22.1. The van der Waals surface area contributed by atoms with Crippen molar-refractivity contribution in [1.29, 1.82) is 0 Å². The third-order valence-corrected chi connectivity index (χ3v) is 6.41. The molecule has 2 aliphatic carbocycles. The Hall–Kier alpha value is -4.00. The number of imidazole rings is 1. The number of aromatic nitrogens is 4. The standard InChI is InChI=1S/C25H27FN6O3/c1-15(30(3)19-12-16(26)13-20(14-19)35-4)29(2)11-5-6-21-27-22-23(28-21)31(17-7-8-17)25(34)32(24(22)33)18-9-10-18/h12-14,17-18H,1,7-11H2,2-4H3,(H,27,28). The molecule has 0 atom stereocenters. The summed E-state index contributed by atoms with van der Waals surface area (Å²) in [7, 11) is 5.09. The molecule has 0 unspecified atom stereocenters. The highest BCUT2D eigenvalue weighted by molar-refractivity contribution is 5.71. The number of halogens is 1. The second kappa shape index (κ2) is 8.65. The predicted octanol–water partition coefficient (Wildman–Crippen LogP) is 2.59. The molecule has 3 aromatic rings. The van der Waals surface area contributed by atoms with E-state index in [1.165, 1.54) is 23.8 Å². The molecule has 0 bridgehead atoms. The third-order valence-electron chi connectivity index (χ3n) is 6.41. The molecule has 0 spiro atoms. The number of fused-ring (bicyclic) bond motifs is 1. The van der Waals surface area contributed by atoms with Crippen LogP contribution < -0.4 is 20.9 Å². The summed E-state index contributed by atoms with van der Waals surface area (Å²) in [5.41, 5.74) is 0.689. The first-order valence-corrected chi connectivity index (χ1v) is 11.5. The number of methoxy groups -OCH3 is 1. The monoisotopic (exact) mass is 478 g/mol. The number of ether oxygens (including phenoxy) is 1. The average Bonchev–Trinajstić information content (AvgIpc) is 3.77. The lowest BCUT2D eigenvalue weighted by Gasteiger charge is -2.29. The third kappa shape index (κ3) is 4.30. The van der Waals surface area contributed by atoms with Crippen molar-refractivity contribution in [2.24, 2.45) is 0 Å². The van der Waals surface area contributed by atoms with Gasteiger partial charge in [-0.2, -0.15) is 0 Å². The van der Waals surface area contributed by atoms with Crippen molar-refractivity contribution in [2.45, 2.75) is 37.8 Å². The van der Waals surface area contributed by atoms with Crippen LogP contribution in [0.5, 0.6) is 5.75 Å². The highest BCUT2D eigenvalue weighted by Crippen LogP contribution is 2.36. The van der Waals surface area contributed by atoms with E-state index in [4.69, 9.17) is 4.74 Å². The van der Waals surface area contributed by atoms with E-state index in [-0.39, 0.29) is 23.3 Å². The lowest BCUT2D eigenvalue weighted by Crippen LogP contribution is -2.39. The number of benzene rings is 1. The van der Waals surface area contributed by atoms with Gasteiger partial charge in [-0.3, -0.25) is 13.9 Å². The van der Waals surface area contributed by atoms with Crippen LogP contribution >= 0.6 is 0 Å². The van der Waals surface area contributed by atoms with Gasteiger partial charge >= 0.3 is 5.69 Å². The van der Waals surface area contributed by atoms with Gasteiger partial charge in [0.15, 0.2) is 17.0 Å². The van der Waals surface area contributed by atoms with Crippen molar-refractivity contribution in [3.05, 3.63) is 63.1 Å². The number of nitrogens with one attached hydrogen (secondary N) is 1. The van der Waals surface area contributed by atoms with E-state index in [1.807, 2.05) is 11.9 Å². The molecule has 182 valence electrons. The maximum Gasteiger partial charge on any atom is 0.333 e. The van der Waals surface area contributed by atoms with Gasteiger partial charge in [0, 0.05) is 44.0 Å². The van der Waals surface area contributed by atoms with E-state index in [2.05, 4.69) is 28.4 Å². The maximum absolute atomic E-state index is 13.9. The quantitative estimate of drug-likeness (QED) is 0.526. The topological polar surface area (TPSA) is 88.4 Å². The fraction of sp³-hybridized carbons (Fsp3) is 0.400. The minimum absolute atomic E-state index is 0.0167. The van der Waals surface area contributed by atoms with E-state index in [0.717, 1.165) is 25.7 Å². The summed E-state index contributed by atoms with van der Waals surface area (Å²) in [5.74, 6) is 6.94. The van der Waals surface area contributed by atoms with Gasteiger partial charge < -0.3 is 19.5 Å². The molecule has 1 N–H and O–H groups in total. The SMILES string of the molecule is C=C(N(C)CC#Cc1nc2c([nH]1)c(=O)n(C1CC1)c(=O)n2C1CC1)N(C)c1cc(F)cc(OC)c1. The summed E-state index contributed by atoms with van der Waals surface area (Å²) in [6.07, 6.45) is 3.51. The van der Waals surface area contributed by atoms with Crippen molar-refractivity contribution >= 4 is 16.9 Å². The Morgan fingerprint density at radius 2 is 1.89 bits per heavy atom. The van der Waals surface area contributed by atoms with Gasteiger partial charge in [-0.05, 0) is 37.7 Å². The molecule has 9 nitrogen and oxygen atoms in total. The first-order valence-electron chi connectivity index (χ1n) is 11.5. The minimum atomic E-state index is -0.406. The molecular weight excluding hydrogens is 451 g/mol. The Balaban J connectivity index is 1.37. The van der Waals surface area contributed by atoms with E-state index < -0.39 is 5.82 Å². The van der Waals surface area contributed by atoms with Crippen LogP contribution in [-0.2, 0) is 0 Å². The molecule has 2 saturated carbocycles. The molecule has 0 saturated heterocycles. The lowest BCUT2D eigenvalue weighted by atomic mass is 10.2. The second-order valence-electron chi connectivity index (χ2n) is 9.06. The van der Waals surface area contributed by atoms with E-state index in [9.17, 15) is 14.0 Å². The van der Waals surface area contributed by atoms with E-state index in [1.54, 1.807) is 22.6 Å². The summed E-state index contributed by atoms with van der Waals surface area (Å²) in [4.78, 5) is 37.0. The zero-order chi connectivity index (χ0) is 24.9. The Kier molecular flexibility index (Phi) is 5.63. The Bertz CT molecular complexity index is 1500. The molecule has 0 amide bonds. The van der Waals surface area contributed by atoms with Crippen LogP contribution in [0.3, 0.4) is 0 Å². The molecule has 2 aliphatic rings. The number of hydrogen-bond acceptors (Lipinski definition) is 6. The van der Waals surface area contributed by atoms with Gasteiger partial charge in [0.05, 0.1) is 13.7 Å². The van der Waals surface area contributed by atoms with Crippen LogP contribution in [0.25, 0.3) is 11.2 Å². The van der Waals surface area contributed by atoms with E-state index in [0.29, 0.717) is 40.8 Å². The van der Waals surface area contributed by atoms with Crippen molar-refractivity contribution in [3.8, 4) is 17.6 Å². The number of H-pyrrole nitrogens is 1. The fourth-order valence-corrected chi connectivity index (χ4v) is 4.07. The molecule has 0 aliphatic heterocycles. The van der Waals surface area contributed by atoms with Crippen LogP contribution in [0.4, 0.5) is 10.1 Å². The van der Waals surface area contributed by atoms with Crippen molar-refractivity contribution in [2.75, 3.05) is 32.6 Å². The molecule has 10 heteroatoms. The predicted molar refractivity (Wildman–Crippen MR) is 131 cm³/mol. The lowest BCUT2D eigenvalue weighted by molar-refractivity contribution is 0.411. The van der Waals surface area contributed by atoms with Crippen LogP contribution in [0.1, 0.15) is 43.6 Å². The minimum Gasteiger partial charge on any atom is -0.497 e. The average molecular weight is 479 g/mol. The van der Waals surface area contributed by atoms with Crippen molar-refractivity contribution in [3.63, 3.8) is 0 Å². The normalized spacial score (nSPS) is 15.0. The van der Waals surface area contributed by atoms with Gasteiger partial charge in [0.2, 0.25) is 0 Å². The smallest absolute Gasteiger partial charge is 0.333 e. The molecule has 2 fully saturated rings. The van der Waals surface area contributed by atoms with Crippen LogP contribution in [0, 0.1) is 17.7 Å². The number of hydrogen-bond donors (Lipinski definition) is 1. The van der Waals surface area contributed by atoms with Gasteiger partial charge in [-0.25, -0.2) is 14.2 Å². The number of anilines is 1. The molecule has 35 heavy (non-hydrogen) atoms. The Morgan fingerprint density at radius 3 is 2.54 bits per heavy atom. The van der Waals surface area contributed by atoms with Crippen molar-refractivity contribution < 1.29 is 9.13 Å². The van der Waals surface area contributed by atoms with Gasteiger partial charge in [-0.15, -0.1) is 0 Å². The number of aromatic amines is 1. The van der Waals surface area contributed by atoms with Gasteiger partial charge in [-0.1, -0.05) is 12.5 Å². The van der Waals surface area contributed by atoms with Gasteiger partial charge in [0.1, 0.15) is 17.4 Å². The van der Waals surface area contributed by atoms with Crippen LogP contribution in [0.2, 0.25) is 0 Å². The molecule has 2 aromatic heterocycles. The summed E-state index contributed by atoms with van der Waals surface area (Å²) >= 11 is 0. The molecule has 1 aromatic carbocycles. The molecular formula is C25H27FN6O3. The summed E-state index contributed by atoms with van der Waals surface area (Å²) in [6, 6.07) is 4.50. The van der Waals surface area contributed by atoms with Crippen molar-refractivity contribution in [1.82, 2.24) is 24.0 Å². The molecule has 0 radical (unpaired) electrons. The highest BCUT2D eigenvalue weighted by Gasteiger charge is 2.34. The first kappa shape index (κ1) is 22.8. The number of rotatable bonds is 7. The first-order chi connectivity index (χ1) is 16.8. The number of nitrogens with zero attached hydrogens (tertiary/aromatic N) is 5. The fourth-order valence-electron chi connectivity index (χ4n) is 4.07. The van der Waals surface area contributed by atoms with Crippen LogP contribution in [0.15, 0.2) is 40.2 Å².